The molecule has 6 nitrogen and oxygen atoms in total. The normalized spacial score (nSPS) is 18.3. The van der Waals surface area contributed by atoms with Gasteiger partial charge in [0.15, 0.2) is 5.82 Å². The molecular formula is C19H23F2N3O3. The van der Waals surface area contributed by atoms with Crippen LogP contribution in [0.1, 0.15) is 37.0 Å². The molecule has 0 amide bonds. The number of fused-ring (bicyclic) bond motifs is 1. The van der Waals surface area contributed by atoms with E-state index >= 15 is 4.39 Å². The number of carbonyl (C=O) groups is 1. The van der Waals surface area contributed by atoms with Crippen molar-refractivity contribution in [1.82, 2.24) is 4.57 Å². The van der Waals surface area contributed by atoms with Crippen molar-refractivity contribution in [2.45, 2.75) is 39.3 Å². The Morgan fingerprint density at radius 2 is 2.11 bits per heavy atom. The van der Waals surface area contributed by atoms with Crippen molar-refractivity contribution >= 4 is 22.6 Å². The highest BCUT2D eigenvalue weighted by Gasteiger charge is 2.31. The molecule has 146 valence electrons. The second-order valence-corrected chi connectivity index (χ2v) is 6.95. The van der Waals surface area contributed by atoms with Crippen molar-refractivity contribution in [3.63, 3.8) is 0 Å². The van der Waals surface area contributed by atoms with Gasteiger partial charge in [-0.2, -0.15) is 0 Å². The number of aromatic nitrogens is 1. The highest BCUT2D eigenvalue weighted by Crippen LogP contribution is 2.34. The third-order valence-corrected chi connectivity index (χ3v) is 5.42. The number of nitrogens with zero attached hydrogens (tertiary/aromatic N) is 2. The van der Waals surface area contributed by atoms with Crippen molar-refractivity contribution in [3.8, 4) is 0 Å². The highest BCUT2D eigenvalue weighted by atomic mass is 19.1. The molecule has 1 saturated heterocycles. The van der Waals surface area contributed by atoms with E-state index in [0.717, 1.165) is 25.1 Å². The molecule has 0 aliphatic carbocycles. The number of rotatable bonds is 5. The smallest absolute Gasteiger partial charge is 0.341 e. The van der Waals surface area contributed by atoms with Gasteiger partial charge in [-0.3, -0.25) is 4.79 Å². The van der Waals surface area contributed by atoms with Gasteiger partial charge in [0.25, 0.3) is 0 Å². The van der Waals surface area contributed by atoms with E-state index in [1.54, 1.807) is 11.8 Å². The van der Waals surface area contributed by atoms with E-state index in [4.69, 9.17) is 5.73 Å². The molecule has 3 N–H and O–H groups in total. The zero-order valence-electron chi connectivity index (χ0n) is 15.3. The molecule has 2 aromatic rings. The largest absolute Gasteiger partial charge is 0.477 e. The highest BCUT2D eigenvalue weighted by molar-refractivity contribution is 5.93. The molecule has 2 heterocycles. The van der Waals surface area contributed by atoms with Crippen LogP contribution in [0.5, 0.6) is 0 Å². The number of pyridine rings is 1. The molecule has 1 aromatic heterocycles. The first-order valence-electron chi connectivity index (χ1n) is 9.09. The summed E-state index contributed by atoms with van der Waals surface area (Å²) in [5.74, 6) is -2.99. The molecule has 3 rings (SSSR count). The topological polar surface area (TPSA) is 88.6 Å². The fraction of sp³-hybridized carbons (Fsp3) is 0.474. The lowest BCUT2D eigenvalue weighted by molar-refractivity contribution is 0.0695. The number of nitrogens with two attached hydrogens (primary N) is 1. The summed E-state index contributed by atoms with van der Waals surface area (Å²) in [5, 5.41) is 8.93. The van der Waals surface area contributed by atoms with Crippen molar-refractivity contribution < 1.29 is 18.7 Å². The summed E-state index contributed by atoms with van der Waals surface area (Å²) < 4.78 is 31.5. The lowest BCUT2D eigenvalue weighted by Crippen LogP contribution is -2.32. The molecule has 1 aliphatic rings. The summed E-state index contributed by atoms with van der Waals surface area (Å²) in [4.78, 5) is 25.3. The van der Waals surface area contributed by atoms with Gasteiger partial charge in [0.2, 0.25) is 5.43 Å². The van der Waals surface area contributed by atoms with Crippen LogP contribution in [-0.2, 0) is 6.54 Å². The Kier molecular flexibility index (Phi) is 5.19. The Morgan fingerprint density at radius 1 is 1.41 bits per heavy atom. The molecule has 0 spiro atoms. The van der Waals surface area contributed by atoms with Crippen molar-refractivity contribution in [3.05, 3.63) is 39.7 Å². The van der Waals surface area contributed by atoms with Crippen LogP contribution in [0.4, 0.5) is 14.5 Å². The monoisotopic (exact) mass is 379 g/mol. The average molecular weight is 379 g/mol. The molecule has 1 fully saturated rings. The van der Waals surface area contributed by atoms with Gasteiger partial charge in [-0.1, -0.05) is 6.92 Å². The second kappa shape index (κ2) is 7.26. The van der Waals surface area contributed by atoms with Crippen LogP contribution in [0.25, 0.3) is 10.9 Å². The zero-order valence-corrected chi connectivity index (χ0v) is 15.3. The third-order valence-electron chi connectivity index (χ3n) is 5.42. The van der Waals surface area contributed by atoms with Gasteiger partial charge in [-0.25, -0.2) is 13.6 Å². The zero-order chi connectivity index (χ0) is 19.9. The molecule has 1 aliphatic heterocycles. The van der Waals surface area contributed by atoms with E-state index in [0.29, 0.717) is 13.1 Å². The standard InChI is InChI=1S/C19H23F2N3O3/c1-3-14(22)10-5-6-24(8-10)17-13(20)7-11-16(15(17)21)23(4-2)9-12(18(11)25)19(26)27/h7,9-10,14H,3-6,8,22H2,1-2H3,(H,26,27)/t10-,14+/m1/s1. The first kappa shape index (κ1) is 19.3. The van der Waals surface area contributed by atoms with Gasteiger partial charge in [0, 0.05) is 31.9 Å². The van der Waals surface area contributed by atoms with Gasteiger partial charge in [-0.05, 0) is 31.7 Å². The Labute approximate surface area is 155 Å². The molecule has 0 bridgehead atoms. The SMILES string of the molecule is CC[C@H](N)[C@@H]1CCN(c2c(F)cc3c(=O)c(C(=O)O)cn(CC)c3c2F)C1. The van der Waals surface area contributed by atoms with Crippen LogP contribution < -0.4 is 16.1 Å². The maximum Gasteiger partial charge on any atom is 0.341 e. The Morgan fingerprint density at radius 3 is 2.70 bits per heavy atom. The van der Waals surface area contributed by atoms with E-state index in [9.17, 15) is 19.1 Å². The molecule has 2 atom stereocenters. The first-order valence-corrected chi connectivity index (χ1v) is 9.09. The molecule has 8 heteroatoms. The number of aromatic carboxylic acids is 1. The van der Waals surface area contributed by atoms with Crippen LogP contribution in [0.15, 0.2) is 17.1 Å². The molecule has 0 unspecified atom stereocenters. The van der Waals surface area contributed by atoms with E-state index in [1.807, 2.05) is 6.92 Å². The molecule has 0 saturated carbocycles. The molecular weight excluding hydrogens is 356 g/mol. The molecule has 1 aromatic carbocycles. The van der Waals surface area contributed by atoms with E-state index in [-0.39, 0.29) is 35.1 Å². The summed E-state index contributed by atoms with van der Waals surface area (Å²) in [6.07, 6.45) is 2.64. The predicted molar refractivity (Wildman–Crippen MR) is 99.3 cm³/mol. The lowest BCUT2D eigenvalue weighted by Gasteiger charge is -2.23. The molecule has 0 radical (unpaired) electrons. The van der Waals surface area contributed by atoms with E-state index in [1.165, 1.54) is 4.57 Å². The number of hydrogen-bond acceptors (Lipinski definition) is 4. The number of hydrogen-bond donors (Lipinski definition) is 2. The number of carboxylic acids is 1. The fourth-order valence-corrected chi connectivity index (χ4v) is 3.84. The minimum Gasteiger partial charge on any atom is -0.477 e. The first-order chi connectivity index (χ1) is 12.8. The summed E-state index contributed by atoms with van der Waals surface area (Å²) in [6.45, 7) is 4.83. The number of carboxylic acid groups (broad SMARTS) is 1. The van der Waals surface area contributed by atoms with Gasteiger partial charge in [0.1, 0.15) is 17.1 Å². The average Bonchev–Trinajstić information content (AvgIpc) is 3.11. The Hall–Kier alpha value is -2.48. The van der Waals surface area contributed by atoms with Crippen molar-refractivity contribution in [2.24, 2.45) is 11.7 Å². The number of anilines is 1. The minimum absolute atomic E-state index is 0.0338. The maximum absolute atomic E-state index is 15.3. The Bertz CT molecular complexity index is 958. The van der Waals surface area contributed by atoms with Crippen LogP contribution in [-0.4, -0.2) is 34.8 Å². The molecule has 27 heavy (non-hydrogen) atoms. The van der Waals surface area contributed by atoms with E-state index < -0.39 is 28.6 Å². The number of aryl methyl sites for hydroxylation is 1. The summed E-state index contributed by atoms with van der Waals surface area (Å²) in [7, 11) is 0. The maximum atomic E-state index is 15.3. The predicted octanol–water partition coefficient (Wildman–Crippen LogP) is 2.56. The quantitative estimate of drug-likeness (QED) is 0.834. The summed E-state index contributed by atoms with van der Waals surface area (Å²) in [5.41, 5.74) is 4.42. The van der Waals surface area contributed by atoms with Gasteiger partial charge < -0.3 is 20.3 Å². The van der Waals surface area contributed by atoms with Crippen LogP contribution >= 0.6 is 0 Å². The van der Waals surface area contributed by atoms with E-state index in [2.05, 4.69) is 0 Å². The fourth-order valence-electron chi connectivity index (χ4n) is 3.84. The lowest BCUT2D eigenvalue weighted by atomic mass is 9.98. The Balaban J connectivity index is 2.18. The summed E-state index contributed by atoms with van der Waals surface area (Å²) >= 11 is 0. The minimum atomic E-state index is -1.43. The number of halogens is 2. The summed E-state index contributed by atoms with van der Waals surface area (Å²) in [6, 6.07) is 0.912. The van der Waals surface area contributed by atoms with Crippen LogP contribution in [0.2, 0.25) is 0 Å². The van der Waals surface area contributed by atoms with Crippen LogP contribution in [0, 0.1) is 17.6 Å². The second-order valence-electron chi connectivity index (χ2n) is 6.95. The van der Waals surface area contributed by atoms with Crippen molar-refractivity contribution in [1.29, 1.82) is 0 Å². The van der Waals surface area contributed by atoms with Crippen LogP contribution in [0.3, 0.4) is 0 Å². The van der Waals surface area contributed by atoms with Gasteiger partial charge >= 0.3 is 5.97 Å². The van der Waals surface area contributed by atoms with Gasteiger partial charge in [0.05, 0.1) is 10.9 Å². The third kappa shape index (κ3) is 3.18. The number of benzene rings is 1. The van der Waals surface area contributed by atoms with Gasteiger partial charge in [-0.15, -0.1) is 0 Å². The van der Waals surface area contributed by atoms with Crippen molar-refractivity contribution in [2.75, 3.05) is 18.0 Å².